The van der Waals surface area contributed by atoms with Gasteiger partial charge < -0.3 is 15.3 Å². The van der Waals surface area contributed by atoms with Gasteiger partial charge in [0.15, 0.2) is 5.75 Å². The third kappa shape index (κ3) is 8.95. The molecular weight excluding hydrogens is 897 g/mol. The lowest BCUT2D eigenvalue weighted by Gasteiger charge is -2.12. The first kappa shape index (κ1) is 42.9. The number of hydrogen-bond acceptors (Lipinski definition) is 19. The Morgan fingerprint density at radius 3 is 1.77 bits per heavy atom. The van der Waals surface area contributed by atoms with Crippen molar-refractivity contribution in [3.8, 4) is 27.8 Å². The Balaban J connectivity index is 1.24. The lowest BCUT2D eigenvalue weighted by atomic mass is 10.1. The molecule has 1 aromatic heterocycles. The zero-order chi connectivity index (χ0) is 44.9. The van der Waals surface area contributed by atoms with E-state index in [1.807, 2.05) is 0 Å². The summed E-state index contributed by atoms with van der Waals surface area (Å²) in [6.45, 7) is 1.68. The molecule has 6 N–H and O–H groups in total. The van der Waals surface area contributed by atoms with E-state index in [0.29, 0.717) is 26.9 Å². The minimum absolute atomic E-state index is 0.0514. The van der Waals surface area contributed by atoms with Crippen LogP contribution in [0.3, 0.4) is 0 Å². The number of phenolic OH excluding ortho intramolecular Hbond substituents is 3. The number of phenols is 3. The number of aryl methyl sites for hydroxylation is 1. The number of benzene rings is 6. The van der Waals surface area contributed by atoms with Gasteiger partial charge in [0, 0.05) is 29.8 Å². The Bertz CT molecular complexity index is 3450. The van der Waals surface area contributed by atoms with E-state index in [2.05, 4.69) is 35.7 Å². The molecule has 0 saturated heterocycles. The van der Waals surface area contributed by atoms with Crippen LogP contribution in [0, 0.1) is 17.0 Å². The van der Waals surface area contributed by atoms with Crippen molar-refractivity contribution in [2.24, 2.45) is 30.7 Å². The van der Waals surface area contributed by atoms with Gasteiger partial charge in [-0.2, -0.15) is 35.5 Å². The van der Waals surface area contributed by atoms with Crippen molar-refractivity contribution in [3.05, 3.63) is 107 Å². The number of nitro groups is 1. The van der Waals surface area contributed by atoms with Crippen molar-refractivity contribution in [2.45, 2.75) is 21.6 Å². The summed E-state index contributed by atoms with van der Waals surface area (Å²) in [6.07, 6.45) is 0. The molecule has 7 aromatic rings. The van der Waals surface area contributed by atoms with Crippen LogP contribution >= 0.6 is 11.3 Å². The van der Waals surface area contributed by atoms with Gasteiger partial charge in [-0.15, -0.1) is 31.8 Å². The van der Waals surface area contributed by atoms with E-state index in [1.54, 1.807) is 25.1 Å². The second kappa shape index (κ2) is 16.0. The molecule has 0 radical (unpaired) electrons. The van der Waals surface area contributed by atoms with Crippen LogP contribution in [0.1, 0.15) is 5.56 Å². The fourth-order valence-electron chi connectivity index (χ4n) is 5.76. The van der Waals surface area contributed by atoms with Crippen LogP contribution in [0.2, 0.25) is 0 Å². The van der Waals surface area contributed by atoms with E-state index in [9.17, 15) is 64.3 Å². The molecule has 0 fully saturated rings. The monoisotopic (exact) mass is 920 g/mol. The molecule has 0 aliphatic rings. The summed E-state index contributed by atoms with van der Waals surface area (Å²) in [5.74, 6) is -2.28. The third-order valence-corrected chi connectivity index (χ3v) is 12.2. The number of aromatic hydroxyl groups is 3. The number of thiazole rings is 1. The van der Waals surface area contributed by atoms with E-state index in [-0.39, 0.29) is 33.2 Å². The topological polar surface area (TPSA) is 354 Å². The predicted octanol–water partition coefficient (Wildman–Crippen LogP) is 9.44. The maximum absolute atomic E-state index is 12.4. The number of rotatable bonds is 11. The van der Waals surface area contributed by atoms with Crippen LogP contribution in [0.5, 0.6) is 17.2 Å². The minimum Gasteiger partial charge on any atom is -0.505 e. The number of fused-ring (bicyclic) bond motifs is 2. The average molecular weight is 921 g/mol. The molecule has 1 heterocycles. The lowest BCUT2D eigenvalue weighted by molar-refractivity contribution is -0.384. The highest BCUT2D eigenvalue weighted by Crippen LogP contribution is 2.47. The summed E-state index contributed by atoms with van der Waals surface area (Å²) in [4.78, 5) is 12.5. The minimum atomic E-state index is -5.23. The highest BCUT2D eigenvalue weighted by Gasteiger charge is 2.26. The molecule has 0 aliphatic heterocycles. The maximum atomic E-state index is 12.4. The van der Waals surface area contributed by atoms with Crippen molar-refractivity contribution >= 4 is 102 Å². The van der Waals surface area contributed by atoms with Gasteiger partial charge in [-0.3, -0.25) is 23.8 Å². The van der Waals surface area contributed by atoms with Crippen LogP contribution in [0.15, 0.2) is 136 Å². The van der Waals surface area contributed by atoms with Gasteiger partial charge in [-0.05, 0) is 84.6 Å². The van der Waals surface area contributed by atoms with Gasteiger partial charge in [0.05, 0.1) is 37.0 Å². The van der Waals surface area contributed by atoms with E-state index >= 15 is 0 Å². The maximum Gasteiger partial charge on any atom is 0.296 e. The van der Waals surface area contributed by atoms with E-state index < -0.39 is 90.2 Å². The molecule has 0 bridgehead atoms. The Kier molecular flexibility index (Phi) is 11.1. The summed E-state index contributed by atoms with van der Waals surface area (Å²) >= 11 is 1.19. The number of hydrogen-bond donors (Lipinski definition) is 6. The summed E-state index contributed by atoms with van der Waals surface area (Å²) in [6, 6.07) is 17.8. The van der Waals surface area contributed by atoms with E-state index in [4.69, 9.17) is 0 Å². The normalized spacial score (nSPS) is 12.7. The Morgan fingerprint density at radius 2 is 1.19 bits per heavy atom. The lowest BCUT2D eigenvalue weighted by Crippen LogP contribution is -2.01. The zero-order valence-electron chi connectivity index (χ0n) is 30.8. The van der Waals surface area contributed by atoms with Crippen molar-refractivity contribution in [2.75, 3.05) is 0 Å². The molecule has 62 heavy (non-hydrogen) atoms. The molecule has 0 atom stereocenters. The van der Waals surface area contributed by atoms with E-state index in [1.165, 1.54) is 29.5 Å². The first-order valence-electron chi connectivity index (χ1n) is 16.9. The molecule has 7 rings (SSSR count). The quantitative estimate of drug-likeness (QED) is 0.0304. The van der Waals surface area contributed by atoms with Gasteiger partial charge in [0.1, 0.15) is 48.9 Å². The smallest absolute Gasteiger partial charge is 0.296 e. The fourth-order valence-corrected chi connectivity index (χ4v) is 8.85. The van der Waals surface area contributed by atoms with Crippen LogP contribution in [-0.4, -0.2) is 64.1 Å². The Labute approximate surface area is 352 Å². The van der Waals surface area contributed by atoms with Gasteiger partial charge in [-0.1, -0.05) is 0 Å². The Hall–Kier alpha value is -7.20. The largest absolute Gasteiger partial charge is 0.505 e. The fraction of sp³-hybridized carbons (Fsp3) is 0.0278. The number of non-ortho nitro benzene ring substituents is 1. The molecule has 316 valence electrons. The van der Waals surface area contributed by atoms with Crippen molar-refractivity contribution in [1.29, 1.82) is 0 Å². The molecule has 0 unspecified atom stereocenters. The third-order valence-electron chi connectivity index (χ3n) is 8.61. The Morgan fingerprint density at radius 1 is 0.629 bits per heavy atom. The zero-order valence-corrected chi connectivity index (χ0v) is 34.1. The predicted molar refractivity (Wildman–Crippen MR) is 220 cm³/mol. The molecule has 0 amide bonds. The van der Waals surface area contributed by atoms with Crippen LogP contribution in [0.25, 0.3) is 31.6 Å². The number of nitrogens with zero attached hydrogens (tertiary/aromatic N) is 8. The summed E-state index contributed by atoms with van der Waals surface area (Å²) in [5, 5.41) is 66.5. The van der Waals surface area contributed by atoms with Crippen LogP contribution in [0.4, 0.5) is 39.8 Å². The van der Waals surface area contributed by atoms with Gasteiger partial charge in [0.25, 0.3) is 36.0 Å². The van der Waals surface area contributed by atoms with Crippen molar-refractivity contribution < 1.29 is 59.2 Å². The number of aromatic nitrogens is 1. The van der Waals surface area contributed by atoms with Crippen LogP contribution in [-0.2, 0) is 30.4 Å². The molecule has 0 spiro atoms. The first-order valence-corrected chi connectivity index (χ1v) is 22.0. The summed E-state index contributed by atoms with van der Waals surface area (Å²) in [7, 11) is -14.8. The van der Waals surface area contributed by atoms with Crippen LogP contribution < -0.4 is 0 Å². The number of nitro benzene ring substituents is 1. The highest BCUT2D eigenvalue weighted by molar-refractivity contribution is 7.86. The molecular formula is C36H24N8O14S4. The number of azo groups is 3. The van der Waals surface area contributed by atoms with Crippen molar-refractivity contribution in [3.63, 3.8) is 0 Å². The van der Waals surface area contributed by atoms with Gasteiger partial charge in [0.2, 0.25) is 0 Å². The van der Waals surface area contributed by atoms with E-state index in [0.717, 1.165) is 48.5 Å². The standard InChI is InChI=1S/C36H24N8O14S4/c1-17-10-29-33(30(11-17)61(53,54)55)37-36(59-29)18-2-4-20(5-3-18)38-40-24-15-25(28(46)16-27(24)45)41-42-26-14-23(60(50,51)52)12-19-13-31(62(56,57)58)34(35(47)32(19)26)43-39-21-6-8-22(9-7-21)44(48)49/h2-16,45-47H,1H3,(H,50,51,52)(H,53,54,55)(H,56,57,58). The molecule has 6 aromatic carbocycles. The average Bonchev–Trinajstić information content (AvgIpc) is 3.62. The molecule has 0 saturated carbocycles. The SMILES string of the molecule is Cc1cc(S(=O)(=O)O)c2nc(-c3ccc(N=Nc4cc(N=Nc5cc(S(=O)(=O)O)cc6cc(S(=O)(=O)O)c(N=Nc7ccc([N+](=O)[O-])cc7)c(O)c56)c(O)cc4O)cc3)sc2c1. The summed E-state index contributed by atoms with van der Waals surface area (Å²) < 4.78 is 103. The molecule has 0 aliphatic carbocycles. The van der Waals surface area contributed by atoms with Gasteiger partial charge in [-0.25, -0.2) is 4.98 Å². The molecule has 26 heteroatoms. The first-order chi connectivity index (χ1) is 29.1. The summed E-state index contributed by atoms with van der Waals surface area (Å²) in [5.41, 5.74) is -0.912. The second-order valence-corrected chi connectivity index (χ2v) is 18.1. The van der Waals surface area contributed by atoms with Crippen molar-refractivity contribution in [1.82, 2.24) is 4.98 Å². The second-order valence-electron chi connectivity index (χ2n) is 12.9. The van der Waals surface area contributed by atoms with Gasteiger partial charge >= 0.3 is 0 Å². The molecule has 22 nitrogen and oxygen atoms in total. The highest BCUT2D eigenvalue weighted by atomic mass is 32.2.